The number of aliphatic imine (C=N–C) groups is 1. The van der Waals surface area contributed by atoms with Crippen molar-refractivity contribution in [3.05, 3.63) is 48.0 Å². The molecule has 2 heterocycles. The van der Waals surface area contributed by atoms with Crippen LogP contribution in [0.25, 0.3) is 11.1 Å². The summed E-state index contributed by atoms with van der Waals surface area (Å²) in [6.07, 6.45) is 0.401. The fourth-order valence-electron chi connectivity index (χ4n) is 4.49. The second-order valence-corrected chi connectivity index (χ2v) is 8.37. The Bertz CT molecular complexity index is 1040. The maximum absolute atomic E-state index is 13.3. The number of piperazine rings is 1. The van der Waals surface area contributed by atoms with Crippen molar-refractivity contribution in [3.8, 4) is 11.1 Å². The number of rotatable bonds is 6. The van der Waals surface area contributed by atoms with Crippen molar-refractivity contribution >= 4 is 29.1 Å². The van der Waals surface area contributed by atoms with Crippen molar-refractivity contribution in [2.75, 3.05) is 51.1 Å². The average Bonchev–Trinajstić information content (AvgIpc) is 3.37. The van der Waals surface area contributed by atoms with Crippen molar-refractivity contribution in [1.29, 1.82) is 0 Å². The number of urea groups is 1. The third kappa shape index (κ3) is 4.77. The molecule has 2 aliphatic heterocycles. The van der Waals surface area contributed by atoms with Gasteiger partial charge >= 0.3 is 6.03 Å². The molecule has 33 heavy (non-hydrogen) atoms. The Morgan fingerprint density at radius 3 is 2.36 bits per heavy atom. The Morgan fingerprint density at radius 2 is 1.73 bits per heavy atom. The molecule has 8 nitrogen and oxygen atoms in total. The molecule has 2 aromatic rings. The van der Waals surface area contributed by atoms with Crippen molar-refractivity contribution in [2.24, 2.45) is 4.99 Å². The number of carbonyl (C=O) groups excluding carboxylic acids is 2. The zero-order valence-electron chi connectivity index (χ0n) is 19.4. The van der Waals surface area contributed by atoms with E-state index >= 15 is 0 Å². The molecule has 2 aromatic carbocycles. The molecule has 4 N–H and O–H groups in total. The Kier molecular flexibility index (Phi) is 7.05. The molecule has 8 heteroatoms. The second kappa shape index (κ2) is 10.1. The van der Waals surface area contributed by atoms with E-state index in [4.69, 9.17) is 0 Å². The Hall–Kier alpha value is -3.23. The van der Waals surface area contributed by atoms with Crippen LogP contribution in [0.1, 0.15) is 30.6 Å². The van der Waals surface area contributed by atoms with E-state index in [1.807, 2.05) is 56.3 Å². The normalized spacial score (nSPS) is 17.1. The fourth-order valence-corrected chi connectivity index (χ4v) is 4.49. The Balaban J connectivity index is 1.73. The molecule has 0 atom stereocenters. The number of quaternary nitrogens is 1. The molecule has 0 spiro atoms. The molecule has 4 rings (SSSR count). The van der Waals surface area contributed by atoms with E-state index in [0.717, 1.165) is 54.6 Å². The lowest BCUT2D eigenvalue weighted by atomic mass is 9.97. The van der Waals surface area contributed by atoms with Crippen LogP contribution in [0.15, 0.2) is 47.5 Å². The smallest absolute Gasteiger partial charge is 0.354 e. The Morgan fingerprint density at radius 1 is 1.00 bits per heavy atom. The lowest BCUT2D eigenvalue weighted by molar-refractivity contribution is 0.0986. The number of ketones is 1. The second-order valence-electron chi connectivity index (χ2n) is 8.37. The van der Waals surface area contributed by atoms with Gasteiger partial charge in [0.1, 0.15) is 13.1 Å². The first-order valence-corrected chi connectivity index (χ1v) is 11.8. The zero-order valence-corrected chi connectivity index (χ0v) is 19.4. The van der Waals surface area contributed by atoms with Gasteiger partial charge in [-0.15, -0.1) is 0 Å². The van der Waals surface area contributed by atoms with E-state index in [9.17, 15) is 9.59 Å². The van der Waals surface area contributed by atoms with Gasteiger partial charge in [0.05, 0.1) is 12.1 Å². The van der Waals surface area contributed by atoms with E-state index in [-0.39, 0.29) is 16.3 Å². The standard InChI is InChI=1S/C25H32N6O2/c1-3-23(32)21-10-7-19(18-5-8-20(9-6-18)30-24-28-11-12-29-24)17-22(21)31(25(33)27-4-2)15-13-26-14-16-31/h5-10,17,26H,3-4,11-16H2,1-2H3,(H2-,27,28,29,30,32,33)/p+1. The maximum Gasteiger partial charge on any atom is 0.421 e. The number of anilines is 1. The van der Waals surface area contributed by atoms with Gasteiger partial charge in [-0.25, -0.2) is 9.28 Å². The largest absolute Gasteiger partial charge is 0.421 e. The van der Waals surface area contributed by atoms with Gasteiger partial charge in [0.15, 0.2) is 17.4 Å². The highest BCUT2D eigenvalue weighted by Gasteiger charge is 2.43. The fraction of sp³-hybridized carbons (Fsp3) is 0.400. The SMILES string of the molecule is CCNC(=O)[N+]1(c2cc(-c3ccc(NC4=NCCN4)cc3)ccc2C(=O)CC)CCNCC1. The summed E-state index contributed by atoms with van der Waals surface area (Å²) in [5.41, 5.74) is 4.40. The first-order valence-electron chi connectivity index (χ1n) is 11.8. The molecule has 2 amide bonds. The van der Waals surface area contributed by atoms with Gasteiger partial charge in [0.25, 0.3) is 0 Å². The lowest BCUT2D eigenvalue weighted by Crippen LogP contribution is -2.66. The predicted molar refractivity (Wildman–Crippen MR) is 134 cm³/mol. The minimum Gasteiger partial charge on any atom is -0.354 e. The molecule has 0 unspecified atom stereocenters. The first kappa shape index (κ1) is 22.9. The summed E-state index contributed by atoms with van der Waals surface area (Å²) < 4.78 is 0.140. The number of carbonyl (C=O) groups is 2. The van der Waals surface area contributed by atoms with Crippen LogP contribution >= 0.6 is 0 Å². The minimum absolute atomic E-state index is 0.0503. The summed E-state index contributed by atoms with van der Waals surface area (Å²) in [6.45, 7) is 8.64. The number of nitrogens with zero attached hydrogens (tertiary/aromatic N) is 2. The molecule has 174 valence electrons. The van der Waals surface area contributed by atoms with Crippen LogP contribution in [0, 0.1) is 0 Å². The van der Waals surface area contributed by atoms with Gasteiger partial charge < -0.3 is 21.3 Å². The van der Waals surface area contributed by atoms with Crippen LogP contribution in [0.2, 0.25) is 0 Å². The molecule has 0 radical (unpaired) electrons. The third-order valence-electron chi connectivity index (χ3n) is 6.29. The summed E-state index contributed by atoms with van der Waals surface area (Å²) in [5.74, 6) is 0.848. The van der Waals surface area contributed by atoms with Gasteiger partial charge in [-0.05, 0) is 36.2 Å². The average molecular weight is 450 g/mol. The maximum atomic E-state index is 13.3. The van der Waals surface area contributed by atoms with Gasteiger partial charge in [-0.1, -0.05) is 25.1 Å². The molecule has 0 saturated carbocycles. The van der Waals surface area contributed by atoms with Gasteiger partial charge in [-0.2, -0.15) is 0 Å². The monoisotopic (exact) mass is 449 g/mol. The van der Waals surface area contributed by atoms with Crippen LogP contribution in [0.4, 0.5) is 16.2 Å². The molecule has 0 aliphatic carbocycles. The molecule has 0 bridgehead atoms. The molecule has 0 aromatic heterocycles. The number of Topliss-reactive ketones (excluding diaryl/α,β-unsaturated/α-hetero) is 1. The topological polar surface area (TPSA) is 94.6 Å². The Labute approximate surface area is 195 Å². The van der Waals surface area contributed by atoms with Crippen LogP contribution in [0.3, 0.4) is 0 Å². The van der Waals surface area contributed by atoms with E-state index in [2.05, 4.69) is 26.3 Å². The van der Waals surface area contributed by atoms with E-state index < -0.39 is 0 Å². The molecular weight excluding hydrogens is 416 g/mol. The highest BCUT2D eigenvalue weighted by molar-refractivity contribution is 6.04. The van der Waals surface area contributed by atoms with E-state index in [1.165, 1.54) is 0 Å². The van der Waals surface area contributed by atoms with Crippen LogP contribution < -0.4 is 25.8 Å². The molecule has 1 saturated heterocycles. The summed E-state index contributed by atoms with van der Waals surface area (Å²) in [5, 5.41) is 12.8. The number of benzene rings is 2. The van der Waals surface area contributed by atoms with Crippen molar-refractivity contribution < 1.29 is 9.59 Å². The van der Waals surface area contributed by atoms with Crippen molar-refractivity contribution in [3.63, 3.8) is 0 Å². The highest BCUT2D eigenvalue weighted by atomic mass is 16.2. The number of guanidine groups is 1. The highest BCUT2D eigenvalue weighted by Crippen LogP contribution is 2.35. The van der Waals surface area contributed by atoms with E-state index in [0.29, 0.717) is 31.6 Å². The zero-order chi connectivity index (χ0) is 23.3. The third-order valence-corrected chi connectivity index (χ3v) is 6.29. The molecule has 2 aliphatic rings. The van der Waals surface area contributed by atoms with Crippen LogP contribution in [-0.2, 0) is 0 Å². The summed E-state index contributed by atoms with van der Waals surface area (Å²) >= 11 is 0. The van der Waals surface area contributed by atoms with Crippen LogP contribution in [-0.4, -0.2) is 63.6 Å². The first-order chi connectivity index (χ1) is 16.1. The van der Waals surface area contributed by atoms with Crippen LogP contribution in [0.5, 0.6) is 0 Å². The minimum atomic E-state index is -0.0503. The number of hydrogen-bond donors (Lipinski definition) is 4. The van der Waals surface area contributed by atoms with Gasteiger partial charge in [0, 0.05) is 44.4 Å². The molecular formula is C25H33N6O2+. The number of amides is 2. The van der Waals surface area contributed by atoms with Gasteiger partial charge in [-0.3, -0.25) is 9.79 Å². The molecule has 1 fully saturated rings. The van der Waals surface area contributed by atoms with E-state index in [1.54, 1.807) is 0 Å². The summed E-state index contributed by atoms with van der Waals surface area (Å²) in [6, 6.07) is 14.0. The number of hydrogen-bond acceptors (Lipinski definition) is 6. The number of nitrogens with one attached hydrogen (secondary N) is 4. The quantitative estimate of drug-likeness (QED) is 0.402. The predicted octanol–water partition coefficient (Wildman–Crippen LogP) is 2.96. The van der Waals surface area contributed by atoms with Gasteiger partial charge in [0.2, 0.25) is 0 Å². The van der Waals surface area contributed by atoms with Crippen molar-refractivity contribution in [1.82, 2.24) is 20.4 Å². The van der Waals surface area contributed by atoms with Crippen molar-refractivity contribution in [2.45, 2.75) is 20.3 Å². The summed E-state index contributed by atoms with van der Waals surface area (Å²) in [7, 11) is 0. The summed E-state index contributed by atoms with van der Waals surface area (Å²) in [4.78, 5) is 30.6. The lowest BCUT2D eigenvalue weighted by Gasteiger charge is -2.39.